The van der Waals surface area contributed by atoms with Crippen molar-refractivity contribution in [1.82, 2.24) is 9.97 Å². The summed E-state index contributed by atoms with van der Waals surface area (Å²) in [5.41, 5.74) is 0.923. The van der Waals surface area contributed by atoms with Crippen molar-refractivity contribution in [1.29, 1.82) is 0 Å². The lowest BCUT2D eigenvalue weighted by atomic mass is 10.2. The van der Waals surface area contributed by atoms with E-state index in [1.165, 1.54) is 12.8 Å². The minimum absolute atomic E-state index is 0.309. The summed E-state index contributed by atoms with van der Waals surface area (Å²) in [6.07, 6.45) is 5.17. The van der Waals surface area contributed by atoms with Gasteiger partial charge in [0, 0.05) is 17.5 Å². The van der Waals surface area contributed by atoms with Crippen molar-refractivity contribution in [3.05, 3.63) is 29.2 Å². The van der Waals surface area contributed by atoms with Gasteiger partial charge in [-0.3, -0.25) is 0 Å². The third kappa shape index (κ3) is 2.97. The molecule has 0 aromatic carbocycles. The van der Waals surface area contributed by atoms with Gasteiger partial charge in [0.1, 0.15) is 16.8 Å². The minimum Gasteiger partial charge on any atom is -0.367 e. The predicted octanol–water partition coefficient (Wildman–Crippen LogP) is 3.69. The number of aromatic nitrogens is 2. The lowest BCUT2D eigenvalue weighted by molar-refractivity contribution is 0.796. The highest BCUT2D eigenvalue weighted by Gasteiger charge is 2.28. The standard InChI is InChI=1S/C13H18ClN3/c1-4-5-8(2)15-12-9(3)11(14)16-13(17-12)10-6-7-10/h4,8,10H,1,5-7H2,2-3H3,(H,15,16,17). The van der Waals surface area contributed by atoms with E-state index in [-0.39, 0.29) is 0 Å². The van der Waals surface area contributed by atoms with Gasteiger partial charge in [0.25, 0.3) is 0 Å². The fraction of sp³-hybridized carbons (Fsp3) is 0.538. The van der Waals surface area contributed by atoms with Gasteiger partial charge in [-0.1, -0.05) is 17.7 Å². The third-order valence-corrected chi connectivity index (χ3v) is 3.32. The molecule has 1 heterocycles. The number of rotatable bonds is 5. The smallest absolute Gasteiger partial charge is 0.137 e. The SMILES string of the molecule is C=CCC(C)Nc1nc(C2CC2)nc(Cl)c1C. The van der Waals surface area contributed by atoms with Crippen LogP contribution in [0.4, 0.5) is 5.82 Å². The Balaban J connectivity index is 2.21. The number of anilines is 1. The molecule has 1 saturated carbocycles. The Morgan fingerprint density at radius 3 is 2.82 bits per heavy atom. The highest BCUT2D eigenvalue weighted by Crippen LogP contribution is 2.39. The molecular formula is C13H18ClN3. The van der Waals surface area contributed by atoms with Crippen LogP contribution in [0, 0.1) is 6.92 Å². The van der Waals surface area contributed by atoms with E-state index in [2.05, 4.69) is 28.8 Å². The number of nitrogens with one attached hydrogen (secondary N) is 1. The summed E-state index contributed by atoms with van der Waals surface area (Å²) < 4.78 is 0. The summed E-state index contributed by atoms with van der Waals surface area (Å²) in [6.45, 7) is 7.79. The van der Waals surface area contributed by atoms with E-state index in [9.17, 15) is 0 Å². The van der Waals surface area contributed by atoms with Crippen LogP contribution < -0.4 is 5.32 Å². The zero-order valence-electron chi connectivity index (χ0n) is 10.3. The minimum atomic E-state index is 0.309. The van der Waals surface area contributed by atoms with Crippen molar-refractivity contribution in [2.24, 2.45) is 0 Å². The van der Waals surface area contributed by atoms with Crippen molar-refractivity contribution in [2.45, 2.75) is 45.1 Å². The average Bonchev–Trinajstić information content (AvgIpc) is 3.08. The molecule has 0 aliphatic heterocycles. The molecule has 1 unspecified atom stereocenters. The quantitative estimate of drug-likeness (QED) is 0.641. The van der Waals surface area contributed by atoms with Crippen LogP contribution in [0.3, 0.4) is 0 Å². The third-order valence-electron chi connectivity index (χ3n) is 2.95. The number of nitrogens with zero attached hydrogens (tertiary/aromatic N) is 2. The van der Waals surface area contributed by atoms with Crippen LogP contribution in [-0.2, 0) is 0 Å². The first-order chi connectivity index (χ1) is 8.11. The highest BCUT2D eigenvalue weighted by molar-refractivity contribution is 6.30. The second kappa shape index (κ2) is 5.05. The Labute approximate surface area is 107 Å². The molecule has 0 radical (unpaired) electrons. The molecular weight excluding hydrogens is 234 g/mol. The van der Waals surface area contributed by atoms with Gasteiger partial charge in [0.05, 0.1) is 0 Å². The molecule has 0 spiro atoms. The van der Waals surface area contributed by atoms with Gasteiger partial charge in [-0.2, -0.15) is 0 Å². The molecule has 0 bridgehead atoms. The summed E-state index contributed by atoms with van der Waals surface area (Å²) in [5, 5.41) is 3.93. The molecule has 17 heavy (non-hydrogen) atoms. The van der Waals surface area contributed by atoms with E-state index >= 15 is 0 Å². The fourth-order valence-corrected chi connectivity index (χ4v) is 1.89. The molecule has 1 aliphatic rings. The molecule has 3 nitrogen and oxygen atoms in total. The first kappa shape index (κ1) is 12.4. The normalized spacial score (nSPS) is 16.6. The van der Waals surface area contributed by atoms with E-state index in [0.29, 0.717) is 17.1 Å². The molecule has 92 valence electrons. The zero-order chi connectivity index (χ0) is 12.4. The summed E-state index contributed by atoms with van der Waals surface area (Å²) >= 11 is 6.14. The van der Waals surface area contributed by atoms with Crippen molar-refractivity contribution in [3.63, 3.8) is 0 Å². The van der Waals surface area contributed by atoms with E-state index in [4.69, 9.17) is 11.6 Å². The molecule has 4 heteroatoms. The molecule has 2 rings (SSSR count). The molecule has 1 fully saturated rings. The van der Waals surface area contributed by atoms with Gasteiger partial charge < -0.3 is 5.32 Å². The molecule has 1 atom stereocenters. The number of halogens is 1. The second-order valence-electron chi connectivity index (χ2n) is 4.69. The molecule has 1 aromatic rings. The average molecular weight is 252 g/mol. The first-order valence-electron chi connectivity index (χ1n) is 6.03. The van der Waals surface area contributed by atoms with Gasteiger partial charge in [0.15, 0.2) is 0 Å². The maximum absolute atomic E-state index is 6.14. The number of hydrogen-bond acceptors (Lipinski definition) is 3. The van der Waals surface area contributed by atoms with Gasteiger partial charge in [-0.15, -0.1) is 6.58 Å². The largest absolute Gasteiger partial charge is 0.367 e. The van der Waals surface area contributed by atoms with Crippen LogP contribution in [-0.4, -0.2) is 16.0 Å². The van der Waals surface area contributed by atoms with Crippen molar-refractivity contribution < 1.29 is 0 Å². The van der Waals surface area contributed by atoms with Crippen LogP contribution in [0.15, 0.2) is 12.7 Å². The highest BCUT2D eigenvalue weighted by atomic mass is 35.5. The van der Waals surface area contributed by atoms with E-state index < -0.39 is 0 Å². The number of hydrogen-bond donors (Lipinski definition) is 1. The lowest BCUT2D eigenvalue weighted by Crippen LogP contribution is -2.17. The van der Waals surface area contributed by atoms with Crippen LogP contribution in [0.1, 0.15) is 43.5 Å². The van der Waals surface area contributed by atoms with Gasteiger partial charge >= 0.3 is 0 Å². The van der Waals surface area contributed by atoms with E-state index in [1.54, 1.807) is 0 Å². The molecule has 0 saturated heterocycles. The Morgan fingerprint density at radius 2 is 2.24 bits per heavy atom. The lowest BCUT2D eigenvalue weighted by Gasteiger charge is -2.15. The zero-order valence-corrected chi connectivity index (χ0v) is 11.1. The summed E-state index contributed by atoms with van der Waals surface area (Å²) in [5.74, 6) is 2.26. The van der Waals surface area contributed by atoms with E-state index in [0.717, 1.165) is 23.6 Å². The molecule has 0 amide bonds. The van der Waals surface area contributed by atoms with Gasteiger partial charge in [0.2, 0.25) is 0 Å². The summed E-state index contributed by atoms with van der Waals surface area (Å²) in [4.78, 5) is 8.92. The van der Waals surface area contributed by atoms with Gasteiger partial charge in [-0.25, -0.2) is 9.97 Å². The Hall–Kier alpha value is -1.09. The first-order valence-corrected chi connectivity index (χ1v) is 6.41. The van der Waals surface area contributed by atoms with Gasteiger partial charge in [-0.05, 0) is 33.1 Å². The van der Waals surface area contributed by atoms with Crippen molar-refractivity contribution >= 4 is 17.4 Å². The van der Waals surface area contributed by atoms with E-state index in [1.807, 2.05) is 13.0 Å². The topological polar surface area (TPSA) is 37.8 Å². The molecule has 1 aromatic heterocycles. The summed E-state index contributed by atoms with van der Waals surface area (Å²) in [7, 11) is 0. The molecule has 1 N–H and O–H groups in total. The Bertz CT molecular complexity index is 427. The Morgan fingerprint density at radius 1 is 1.53 bits per heavy atom. The monoisotopic (exact) mass is 251 g/mol. The Kier molecular flexibility index (Phi) is 3.67. The van der Waals surface area contributed by atoms with Crippen molar-refractivity contribution in [2.75, 3.05) is 5.32 Å². The maximum atomic E-state index is 6.14. The maximum Gasteiger partial charge on any atom is 0.137 e. The van der Waals surface area contributed by atoms with Crippen LogP contribution in [0.5, 0.6) is 0 Å². The van der Waals surface area contributed by atoms with Crippen LogP contribution in [0.2, 0.25) is 5.15 Å². The predicted molar refractivity (Wildman–Crippen MR) is 71.7 cm³/mol. The van der Waals surface area contributed by atoms with Crippen LogP contribution in [0.25, 0.3) is 0 Å². The second-order valence-corrected chi connectivity index (χ2v) is 5.05. The van der Waals surface area contributed by atoms with Crippen LogP contribution >= 0.6 is 11.6 Å². The fourth-order valence-electron chi connectivity index (χ4n) is 1.71. The molecule has 1 aliphatic carbocycles. The van der Waals surface area contributed by atoms with Crippen molar-refractivity contribution in [3.8, 4) is 0 Å². The summed E-state index contributed by atoms with van der Waals surface area (Å²) in [6, 6.07) is 0.309.